The van der Waals surface area contributed by atoms with E-state index in [-0.39, 0.29) is 17.6 Å². The predicted octanol–water partition coefficient (Wildman–Crippen LogP) is 5.49. The van der Waals surface area contributed by atoms with Crippen molar-refractivity contribution >= 4 is 30.5 Å². The van der Waals surface area contributed by atoms with E-state index in [0.717, 1.165) is 42.4 Å². The molecule has 2 atom stereocenters. The predicted molar refractivity (Wildman–Crippen MR) is 149 cm³/mol. The van der Waals surface area contributed by atoms with Crippen molar-refractivity contribution in [3.63, 3.8) is 0 Å². The molecule has 0 saturated carbocycles. The van der Waals surface area contributed by atoms with Gasteiger partial charge in [-0.2, -0.15) is 12.6 Å². The monoisotopic (exact) mass is 521 g/mol. The van der Waals surface area contributed by atoms with Gasteiger partial charge in [0.25, 0.3) is 0 Å². The zero-order valence-electron chi connectivity index (χ0n) is 23.7. The second-order valence-electron chi connectivity index (χ2n) is 11.5. The van der Waals surface area contributed by atoms with Crippen LogP contribution in [0.5, 0.6) is 0 Å². The van der Waals surface area contributed by atoms with Crippen molar-refractivity contribution in [2.75, 3.05) is 12.3 Å². The van der Waals surface area contributed by atoms with Crippen LogP contribution in [-0.4, -0.2) is 52.3 Å². The summed E-state index contributed by atoms with van der Waals surface area (Å²) in [6.45, 7) is 17.5. The van der Waals surface area contributed by atoms with Gasteiger partial charge in [-0.15, -0.1) is 0 Å². The molecule has 1 aromatic rings. The number of hydrogen-bond acceptors (Lipinski definition) is 5. The first-order valence-corrected chi connectivity index (χ1v) is 13.5. The molecule has 8 heteroatoms. The second-order valence-corrected chi connectivity index (χ2v) is 11.8. The first-order chi connectivity index (χ1) is 16.6. The third-order valence-electron chi connectivity index (χ3n) is 5.49. The zero-order valence-corrected chi connectivity index (χ0v) is 24.6. The number of nitrogens with one attached hydrogen (secondary N) is 2. The third-order valence-corrected chi connectivity index (χ3v) is 5.85. The SMILES string of the molecule is CCCCCCN(C(=O)C(CS)NC(=O)OC(C)(C)C)C(C(=O)NC(C)(C)C)c1ccc(C)cc1C. The average Bonchev–Trinajstić information content (AvgIpc) is 2.72. The number of benzene rings is 1. The lowest BCUT2D eigenvalue weighted by molar-refractivity contribution is -0.142. The zero-order chi connectivity index (χ0) is 27.7. The molecule has 0 aliphatic carbocycles. The lowest BCUT2D eigenvalue weighted by Gasteiger charge is -2.36. The van der Waals surface area contributed by atoms with Crippen LogP contribution in [0, 0.1) is 13.8 Å². The maximum Gasteiger partial charge on any atom is 0.408 e. The minimum atomic E-state index is -0.940. The van der Waals surface area contributed by atoms with Crippen LogP contribution < -0.4 is 10.6 Å². The Morgan fingerprint density at radius 1 is 1.03 bits per heavy atom. The first-order valence-electron chi connectivity index (χ1n) is 12.9. The average molecular weight is 522 g/mol. The maximum atomic E-state index is 13.9. The number of ether oxygens (including phenoxy) is 1. The smallest absolute Gasteiger partial charge is 0.408 e. The molecule has 7 nitrogen and oxygen atoms in total. The Kier molecular flexibility index (Phi) is 12.3. The maximum absolute atomic E-state index is 13.9. The number of nitrogens with zero attached hydrogens (tertiary/aromatic N) is 1. The number of amides is 3. The van der Waals surface area contributed by atoms with Crippen molar-refractivity contribution in [3.8, 4) is 0 Å². The van der Waals surface area contributed by atoms with E-state index in [1.807, 2.05) is 52.8 Å². The fourth-order valence-corrected chi connectivity index (χ4v) is 4.18. The molecule has 1 rings (SSSR count). The van der Waals surface area contributed by atoms with E-state index in [1.165, 1.54) is 0 Å². The van der Waals surface area contributed by atoms with E-state index in [1.54, 1.807) is 25.7 Å². The Labute approximate surface area is 223 Å². The van der Waals surface area contributed by atoms with Crippen LogP contribution in [0.2, 0.25) is 0 Å². The highest BCUT2D eigenvalue weighted by Gasteiger charge is 2.37. The summed E-state index contributed by atoms with van der Waals surface area (Å²) < 4.78 is 5.37. The van der Waals surface area contributed by atoms with E-state index >= 15 is 0 Å². The van der Waals surface area contributed by atoms with Crippen molar-refractivity contribution in [3.05, 3.63) is 34.9 Å². The molecule has 0 fully saturated rings. The topological polar surface area (TPSA) is 87.7 Å². The Morgan fingerprint density at radius 3 is 2.17 bits per heavy atom. The molecule has 0 aromatic heterocycles. The molecule has 1 aromatic carbocycles. The molecule has 0 heterocycles. The largest absolute Gasteiger partial charge is 0.444 e. The second kappa shape index (κ2) is 13.9. The number of unbranched alkanes of at least 4 members (excludes halogenated alkanes) is 3. The van der Waals surface area contributed by atoms with E-state index in [4.69, 9.17) is 4.74 Å². The molecular formula is C28H47N3O4S. The van der Waals surface area contributed by atoms with Crippen LogP contribution in [0.15, 0.2) is 18.2 Å². The van der Waals surface area contributed by atoms with E-state index in [9.17, 15) is 14.4 Å². The van der Waals surface area contributed by atoms with Crippen LogP contribution in [0.3, 0.4) is 0 Å². The van der Waals surface area contributed by atoms with Gasteiger partial charge >= 0.3 is 6.09 Å². The number of thiol groups is 1. The van der Waals surface area contributed by atoms with Gasteiger partial charge in [0.1, 0.15) is 17.7 Å². The number of alkyl carbamates (subject to hydrolysis) is 1. The summed E-state index contributed by atoms with van der Waals surface area (Å²) in [5.41, 5.74) is 1.58. The summed E-state index contributed by atoms with van der Waals surface area (Å²) in [5, 5.41) is 5.72. The summed E-state index contributed by atoms with van der Waals surface area (Å²) in [4.78, 5) is 41.7. The number of carbonyl (C=O) groups excluding carboxylic acids is 3. The van der Waals surface area contributed by atoms with Gasteiger partial charge < -0.3 is 20.3 Å². The normalized spacial score (nSPS) is 13.5. The molecule has 0 spiro atoms. The molecule has 204 valence electrons. The first kappa shape index (κ1) is 31.8. The van der Waals surface area contributed by atoms with Crippen LogP contribution in [-0.2, 0) is 14.3 Å². The van der Waals surface area contributed by atoms with E-state index in [2.05, 4.69) is 30.2 Å². The van der Waals surface area contributed by atoms with Gasteiger partial charge in [-0.05, 0) is 72.9 Å². The summed E-state index contributed by atoms with van der Waals surface area (Å²) in [7, 11) is 0. The lowest BCUT2D eigenvalue weighted by atomic mass is 9.95. The number of rotatable bonds is 11. The summed E-state index contributed by atoms with van der Waals surface area (Å²) in [6, 6.07) is 4.10. The molecule has 0 saturated heterocycles. The Morgan fingerprint density at radius 2 is 1.67 bits per heavy atom. The summed E-state index contributed by atoms with van der Waals surface area (Å²) in [5.74, 6) is -0.542. The quantitative estimate of drug-likeness (QED) is 0.265. The molecule has 0 bridgehead atoms. The fraction of sp³-hybridized carbons (Fsp3) is 0.679. The molecule has 0 aliphatic heterocycles. The van der Waals surface area contributed by atoms with Gasteiger partial charge in [0.05, 0.1) is 0 Å². The van der Waals surface area contributed by atoms with Crippen LogP contribution in [0.25, 0.3) is 0 Å². The van der Waals surface area contributed by atoms with Crippen molar-refractivity contribution in [1.29, 1.82) is 0 Å². The highest BCUT2D eigenvalue weighted by Crippen LogP contribution is 2.28. The van der Waals surface area contributed by atoms with Gasteiger partial charge in [-0.1, -0.05) is 49.9 Å². The molecule has 2 unspecified atom stereocenters. The molecule has 0 aliphatic rings. The minimum absolute atomic E-state index is 0.0734. The van der Waals surface area contributed by atoms with Crippen molar-refractivity contribution < 1.29 is 19.1 Å². The van der Waals surface area contributed by atoms with Gasteiger partial charge in [-0.25, -0.2) is 4.79 Å². The van der Waals surface area contributed by atoms with E-state index in [0.29, 0.717) is 6.54 Å². The van der Waals surface area contributed by atoms with Gasteiger partial charge in [0, 0.05) is 17.8 Å². The Bertz CT molecular complexity index is 890. The standard InChI is InChI=1S/C28H47N3O4S/c1-10-11-12-13-16-31(25(33)22(18-36)29-26(34)35-28(7,8)9)23(24(32)30-27(4,5)6)21-15-14-19(2)17-20(21)3/h14-15,17,22-23,36H,10-13,16,18H2,1-9H3,(H,29,34)(H,30,32). The third kappa shape index (κ3) is 10.8. The highest BCUT2D eigenvalue weighted by molar-refractivity contribution is 7.80. The van der Waals surface area contributed by atoms with Crippen molar-refractivity contribution in [1.82, 2.24) is 15.5 Å². The van der Waals surface area contributed by atoms with Crippen LogP contribution >= 0.6 is 12.6 Å². The number of aryl methyl sites for hydroxylation is 2. The summed E-state index contributed by atoms with van der Waals surface area (Å²) >= 11 is 4.35. The van der Waals surface area contributed by atoms with Crippen molar-refractivity contribution in [2.45, 2.75) is 111 Å². The molecule has 36 heavy (non-hydrogen) atoms. The van der Waals surface area contributed by atoms with Gasteiger partial charge in [0.2, 0.25) is 11.8 Å². The highest BCUT2D eigenvalue weighted by atomic mass is 32.1. The number of hydrogen-bond donors (Lipinski definition) is 3. The van der Waals surface area contributed by atoms with Crippen LogP contribution in [0.1, 0.15) is 96.9 Å². The van der Waals surface area contributed by atoms with Crippen LogP contribution in [0.4, 0.5) is 4.79 Å². The Hall–Kier alpha value is -2.22. The van der Waals surface area contributed by atoms with Gasteiger partial charge in [0.15, 0.2) is 0 Å². The number of carbonyl (C=O) groups is 3. The fourth-order valence-electron chi connectivity index (χ4n) is 3.93. The lowest BCUT2D eigenvalue weighted by Crippen LogP contribution is -2.55. The molecule has 3 amide bonds. The Balaban J connectivity index is 3.48. The molecule has 2 N–H and O–H groups in total. The van der Waals surface area contributed by atoms with E-state index < -0.39 is 29.3 Å². The minimum Gasteiger partial charge on any atom is -0.444 e. The van der Waals surface area contributed by atoms with Gasteiger partial charge in [-0.3, -0.25) is 9.59 Å². The summed E-state index contributed by atoms with van der Waals surface area (Å²) in [6.07, 6.45) is 3.08. The molecular weight excluding hydrogens is 474 g/mol. The molecule has 0 radical (unpaired) electrons. The van der Waals surface area contributed by atoms with Crippen molar-refractivity contribution in [2.24, 2.45) is 0 Å².